The number of carbonyl (C=O) groups is 3. The number of benzene rings is 2. The van der Waals surface area contributed by atoms with Crippen molar-refractivity contribution in [2.45, 2.75) is 13.3 Å². The molecule has 10 heteroatoms. The average molecular weight is 437 g/mol. The van der Waals surface area contributed by atoms with E-state index in [-0.39, 0.29) is 32.7 Å². The predicted octanol–water partition coefficient (Wildman–Crippen LogP) is 3.02. The van der Waals surface area contributed by atoms with Crippen LogP contribution >= 0.6 is 11.6 Å². The Morgan fingerprint density at radius 3 is 2.50 bits per heavy atom. The molecule has 1 aromatic heterocycles. The van der Waals surface area contributed by atoms with Crippen LogP contribution in [0.2, 0.25) is 5.02 Å². The minimum absolute atomic E-state index is 0.0594. The lowest BCUT2D eigenvalue weighted by molar-refractivity contribution is -0.137. The van der Waals surface area contributed by atoms with Gasteiger partial charge >= 0.3 is 5.97 Å². The number of amides is 1. The van der Waals surface area contributed by atoms with Gasteiger partial charge in [-0.25, -0.2) is 8.78 Å². The molecule has 0 spiro atoms. The molecule has 1 amide bonds. The Labute approximate surface area is 173 Å². The number of carboxylic acid groups (broad SMARTS) is 1. The van der Waals surface area contributed by atoms with E-state index in [1.54, 1.807) is 0 Å². The van der Waals surface area contributed by atoms with Gasteiger partial charge in [-0.1, -0.05) is 11.6 Å². The van der Waals surface area contributed by atoms with Crippen molar-refractivity contribution < 1.29 is 33.4 Å². The Bertz CT molecular complexity index is 1210. The van der Waals surface area contributed by atoms with Crippen molar-refractivity contribution in [2.24, 2.45) is 0 Å². The van der Waals surface area contributed by atoms with Crippen LogP contribution in [0.4, 0.5) is 8.78 Å². The van der Waals surface area contributed by atoms with Crippen LogP contribution in [0.15, 0.2) is 30.3 Å². The number of halogens is 3. The number of hydrogen-bond acceptors (Lipinski definition) is 4. The molecule has 0 saturated carbocycles. The van der Waals surface area contributed by atoms with Crippen LogP contribution in [-0.4, -0.2) is 39.1 Å². The molecule has 30 heavy (non-hydrogen) atoms. The monoisotopic (exact) mass is 436 g/mol. The van der Waals surface area contributed by atoms with Gasteiger partial charge in [-0.05, 0) is 42.8 Å². The summed E-state index contributed by atoms with van der Waals surface area (Å²) >= 11 is 5.65. The van der Waals surface area contributed by atoms with Gasteiger partial charge in [-0.15, -0.1) is 0 Å². The fraction of sp³-hybridized carbons (Fsp3) is 0.150. The van der Waals surface area contributed by atoms with Crippen LogP contribution in [0.5, 0.6) is 5.75 Å². The van der Waals surface area contributed by atoms with E-state index < -0.39 is 48.1 Å². The number of phenolic OH excluding ortho intramolecular Hbond substituents is 1. The van der Waals surface area contributed by atoms with Crippen LogP contribution in [0.3, 0.4) is 0 Å². The largest absolute Gasteiger partial charge is 0.505 e. The number of nitrogens with one attached hydrogen (secondary N) is 1. The molecule has 0 fully saturated rings. The van der Waals surface area contributed by atoms with Crippen molar-refractivity contribution in [2.75, 3.05) is 6.54 Å². The Kier molecular flexibility index (Phi) is 5.75. The summed E-state index contributed by atoms with van der Waals surface area (Å²) in [6.07, 6.45) is -0.439. The number of fused-ring (bicyclic) bond motifs is 1. The van der Waals surface area contributed by atoms with Crippen molar-refractivity contribution in [3.8, 4) is 5.75 Å². The van der Waals surface area contributed by atoms with Crippen LogP contribution in [0.25, 0.3) is 10.9 Å². The Hall–Kier alpha value is -3.46. The normalized spacial score (nSPS) is 10.9. The van der Waals surface area contributed by atoms with E-state index in [2.05, 4.69) is 5.32 Å². The van der Waals surface area contributed by atoms with E-state index >= 15 is 0 Å². The van der Waals surface area contributed by atoms with Crippen LogP contribution in [0.1, 0.15) is 21.6 Å². The van der Waals surface area contributed by atoms with E-state index in [1.807, 2.05) is 0 Å². The highest BCUT2D eigenvalue weighted by Gasteiger charge is 2.25. The molecule has 0 saturated heterocycles. The molecule has 3 aromatic rings. The van der Waals surface area contributed by atoms with E-state index in [0.29, 0.717) is 0 Å². The quantitative estimate of drug-likeness (QED) is 0.569. The van der Waals surface area contributed by atoms with Gasteiger partial charge in [-0.2, -0.15) is 0 Å². The summed E-state index contributed by atoms with van der Waals surface area (Å²) in [4.78, 5) is 35.8. The van der Waals surface area contributed by atoms with Crippen molar-refractivity contribution in [3.63, 3.8) is 0 Å². The Balaban J connectivity index is 2.15. The molecule has 3 N–H and O–H groups in total. The maximum Gasteiger partial charge on any atom is 0.322 e. The zero-order chi connectivity index (χ0) is 22.2. The maximum atomic E-state index is 14.7. The second-order valence-corrected chi connectivity index (χ2v) is 6.88. The molecule has 156 valence electrons. The van der Waals surface area contributed by atoms with E-state index in [1.165, 1.54) is 25.1 Å². The molecular weight excluding hydrogens is 422 g/mol. The molecule has 3 rings (SSSR count). The number of phenols is 1. The van der Waals surface area contributed by atoms with Crippen LogP contribution in [0, 0.1) is 18.6 Å². The molecule has 2 aromatic carbocycles. The lowest BCUT2D eigenvalue weighted by Gasteiger charge is -2.08. The summed E-state index contributed by atoms with van der Waals surface area (Å²) in [5.74, 6) is -5.20. The van der Waals surface area contributed by atoms with Gasteiger partial charge in [-0.3, -0.25) is 19.0 Å². The summed E-state index contributed by atoms with van der Waals surface area (Å²) in [6, 6.07) is 5.79. The fourth-order valence-electron chi connectivity index (χ4n) is 3.16. The smallest absolute Gasteiger partial charge is 0.322 e. The lowest BCUT2D eigenvalue weighted by Crippen LogP contribution is -2.30. The topological polar surface area (TPSA) is 109 Å². The van der Waals surface area contributed by atoms with Gasteiger partial charge in [0.15, 0.2) is 11.6 Å². The molecule has 0 atom stereocenters. The highest BCUT2D eigenvalue weighted by atomic mass is 35.5. The fourth-order valence-corrected chi connectivity index (χ4v) is 3.28. The number of nitrogens with zero attached hydrogens (tertiary/aromatic N) is 1. The summed E-state index contributed by atoms with van der Waals surface area (Å²) in [5.41, 5.74) is 0.265. The number of aromatic hydroxyl groups is 1. The second-order valence-electron chi connectivity index (χ2n) is 6.47. The van der Waals surface area contributed by atoms with Crippen molar-refractivity contribution in [1.82, 2.24) is 9.88 Å². The van der Waals surface area contributed by atoms with E-state index in [9.17, 15) is 28.3 Å². The second kappa shape index (κ2) is 8.11. The third-order valence-electron chi connectivity index (χ3n) is 4.56. The third kappa shape index (κ3) is 3.84. The van der Waals surface area contributed by atoms with Crippen LogP contribution in [-0.2, 0) is 16.0 Å². The average Bonchev–Trinajstić information content (AvgIpc) is 2.97. The summed E-state index contributed by atoms with van der Waals surface area (Å²) in [7, 11) is 0. The number of carbonyl (C=O) groups excluding carboxylic acids is 2. The molecular formula is C20H15ClF2N2O5. The minimum atomic E-state index is -1.26. The summed E-state index contributed by atoms with van der Waals surface area (Å²) < 4.78 is 29.6. The van der Waals surface area contributed by atoms with Crippen molar-refractivity contribution >= 4 is 40.3 Å². The standard InChI is InChI=1S/C20H15ClF2N2O5/c1-9-11(7-16(27)24-8-17(28)29)18-14(4-5-15(26)19(18)23)25(9)20(30)10-2-3-12(21)13(22)6-10/h2-6,26H,7-8H2,1H3,(H,24,27)(H,28,29). The zero-order valence-electron chi connectivity index (χ0n) is 15.5. The molecule has 1 heterocycles. The first kappa shape index (κ1) is 21.3. The number of hydrogen-bond donors (Lipinski definition) is 3. The number of aromatic nitrogens is 1. The van der Waals surface area contributed by atoms with Crippen LogP contribution < -0.4 is 5.32 Å². The molecule has 0 aliphatic heterocycles. The number of rotatable bonds is 5. The highest BCUT2D eigenvalue weighted by molar-refractivity contribution is 6.30. The van der Waals surface area contributed by atoms with Crippen molar-refractivity contribution in [1.29, 1.82) is 0 Å². The maximum absolute atomic E-state index is 14.7. The Morgan fingerprint density at radius 1 is 1.17 bits per heavy atom. The highest BCUT2D eigenvalue weighted by Crippen LogP contribution is 2.33. The number of carboxylic acids is 1. The number of aliphatic carboxylic acids is 1. The SMILES string of the molecule is Cc1c(CC(=O)NCC(=O)O)c2c(F)c(O)ccc2n1C(=O)c1ccc(Cl)c(F)c1. The zero-order valence-corrected chi connectivity index (χ0v) is 16.3. The first-order chi connectivity index (χ1) is 14.1. The van der Waals surface area contributed by atoms with Gasteiger partial charge in [0, 0.05) is 16.6 Å². The van der Waals surface area contributed by atoms with Gasteiger partial charge < -0.3 is 15.5 Å². The molecule has 0 aliphatic carbocycles. The summed E-state index contributed by atoms with van der Waals surface area (Å²) in [6.45, 7) is 0.827. The Morgan fingerprint density at radius 2 is 1.87 bits per heavy atom. The lowest BCUT2D eigenvalue weighted by atomic mass is 10.1. The van der Waals surface area contributed by atoms with E-state index in [4.69, 9.17) is 16.7 Å². The summed E-state index contributed by atoms with van der Waals surface area (Å²) in [5, 5.41) is 20.3. The first-order valence-electron chi connectivity index (χ1n) is 8.61. The van der Waals surface area contributed by atoms with Gasteiger partial charge in [0.25, 0.3) is 5.91 Å². The molecule has 0 unspecified atom stereocenters. The van der Waals surface area contributed by atoms with Gasteiger partial charge in [0.2, 0.25) is 5.91 Å². The minimum Gasteiger partial charge on any atom is -0.505 e. The van der Waals surface area contributed by atoms with Crippen molar-refractivity contribution in [3.05, 3.63) is 63.8 Å². The molecule has 0 aliphatic rings. The predicted molar refractivity (Wildman–Crippen MR) is 104 cm³/mol. The first-order valence-corrected chi connectivity index (χ1v) is 8.99. The molecule has 0 bridgehead atoms. The third-order valence-corrected chi connectivity index (χ3v) is 4.86. The van der Waals surface area contributed by atoms with Gasteiger partial charge in [0.1, 0.15) is 12.4 Å². The van der Waals surface area contributed by atoms with Gasteiger partial charge in [0.05, 0.1) is 17.0 Å². The molecule has 0 radical (unpaired) electrons. The molecule has 7 nitrogen and oxygen atoms in total. The van der Waals surface area contributed by atoms with E-state index in [0.717, 1.165) is 16.7 Å².